The Hall–Kier alpha value is 1.12. The molecule has 0 aliphatic rings. The molecule has 0 aromatic rings. The van der Waals surface area contributed by atoms with Gasteiger partial charge < -0.3 is 6.15 Å². The average Bonchev–Trinajstić information content (AvgIpc) is 2.69. The minimum absolute atomic E-state index is 0. The summed E-state index contributed by atoms with van der Waals surface area (Å²) in [5.41, 5.74) is 0. The molecular weight excluding hydrogens is 475 g/mol. The highest BCUT2D eigenvalue weighted by molar-refractivity contribution is 8.93. The topological polar surface area (TPSA) is 47.0 Å². The van der Waals surface area contributed by atoms with Gasteiger partial charge in [0.2, 0.25) is 0 Å². The molecule has 0 unspecified atom stereocenters. The van der Waals surface area contributed by atoms with E-state index in [0.29, 0.717) is 0 Å². The van der Waals surface area contributed by atoms with E-state index >= 15 is 0 Å². The molecule has 0 atom stereocenters. The second-order valence-corrected chi connectivity index (χ2v) is 12.9. The first kappa shape index (κ1) is 38.4. The third-order valence-corrected chi connectivity index (χ3v) is 10.8. The summed E-state index contributed by atoms with van der Waals surface area (Å²) >= 11 is 0. The number of hydrogen-bond acceptors (Lipinski definition) is 2. The van der Waals surface area contributed by atoms with E-state index in [1.54, 1.807) is 0 Å². The summed E-state index contributed by atoms with van der Waals surface area (Å²) in [5, 5.41) is 3.93. The van der Waals surface area contributed by atoms with Crippen LogP contribution >= 0.6 is 36.8 Å². The zero-order chi connectivity index (χ0) is 20.1. The number of unbranched alkanes of at least 4 members (excludes halogenated alkanes) is 15. The van der Waals surface area contributed by atoms with Crippen molar-refractivity contribution in [1.82, 2.24) is 11.2 Å². The van der Waals surface area contributed by atoms with Crippen LogP contribution in [0.15, 0.2) is 0 Å². The minimum Gasteiger partial charge on any atom is -0.344 e. The molecule has 0 heterocycles. The van der Waals surface area contributed by atoms with Crippen LogP contribution in [0.25, 0.3) is 0 Å². The van der Waals surface area contributed by atoms with Crippen molar-refractivity contribution in [2.24, 2.45) is 0 Å². The fourth-order valence-electron chi connectivity index (χ4n) is 4.26. The van der Waals surface area contributed by atoms with Crippen molar-refractivity contribution in [3.8, 4) is 0 Å². The van der Waals surface area contributed by atoms with Gasteiger partial charge in [0.1, 0.15) is 0 Å². The number of rotatable bonds is 22. The predicted molar refractivity (Wildman–Crippen MR) is 153 cm³/mol. The highest BCUT2D eigenvalue weighted by Crippen LogP contribution is 2.56. The zero-order valence-electron chi connectivity index (χ0n) is 21.3. The first-order valence-electron chi connectivity index (χ1n) is 12.8. The van der Waals surface area contributed by atoms with Crippen LogP contribution in [0.4, 0.5) is 0 Å². The quantitative estimate of drug-likeness (QED) is 0.107. The van der Waals surface area contributed by atoms with Gasteiger partial charge in [-0.05, 0) is 38.5 Å². The molecular formula is C25H60BrClN2P+. The van der Waals surface area contributed by atoms with Gasteiger partial charge in [-0.25, -0.2) is 0 Å². The highest BCUT2D eigenvalue weighted by atomic mass is 79.9. The zero-order valence-corrected chi connectivity index (χ0v) is 24.7. The van der Waals surface area contributed by atoms with Gasteiger partial charge in [-0.2, -0.15) is 5.09 Å². The Balaban J connectivity index is -0.00000113. The summed E-state index contributed by atoms with van der Waals surface area (Å²) < 4.78 is 0. The summed E-state index contributed by atoms with van der Waals surface area (Å²) in [5.74, 6) is 0. The second kappa shape index (κ2) is 30.1. The molecule has 0 fully saturated rings. The largest absolute Gasteiger partial charge is 0.344 e. The van der Waals surface area contributed by atoms with Gasteiger partial charge in [0.25, 0.3) is 0 Å². The highest BCUT2D eigenvalue weighted by Gasteiger charge is 2.34. The Morgan fingerprint density at radius 1 is 0.467 bits per heavy atom. The van der Waals surface area contributed by atoms with Crippen LogP contribution in [0.5, 0.6) is 0 Å². The normalized spacial score (nSPS) is 10.8. The van der Waals surface area contributed by atoms with E-state index in [-0.39, 0.29) is 35.5 Å². The smallest absolute Gasteiger partial charge is 0.0796 e. The van der Waals surface area contributed by atoms with Crippen molar-refractivity contribution < 1.29 is 0 Å². The molecule has 0 amide bonds. The van der Waals surface area contributed by atoms with Crippen molar-refractivity contribution in [2.45, 2.75) is 136 Å². The van der Waals surface area contributed by atoms with Gasteiger partial charge in [0.15, 0.2) is 0 Å². The van der Waals surface area contributed by atoms with E-state index in [2.05, 4.69) is 32.9 Å². The monoisotopic (exact) mass is 533 g/mol. The fraction of sp³-hybridized carbons (Fsp3) is 1.00. The predicted octanol–water partition coefficient (Wildman–Crippen LogP) is 10.4. The average molecular weight is 535 g/mol. The van der Waals surface area contributed by atoms with Gasteiger partial charge in [0, 0.05) is 7.05 Å². The molecule has 0 bridgehead atoms. The Morgan fingerprint density at radius 2 is 0.700 bits per heavy atom. The van der Waals surface area contributed by atoms with Gasteiger partial charge >= 0.3 is 0 Å². The lowest BCUT2D eigenvalue weighted by molar-refractivity contribution is 0.614. The number of halogens is 2. The maximum absolute atomic E-state index is 3.93. The minimum atomic E-state index is -0.894. The van der Waals surface area contributed by atoms with Crippen molar-refractivity contribution in [1.29, 1.82) is 0 Å². The summed E-state index contributed by atoms with van der Waals surface area (Å²) in [7, 11) is 1.40. The van der Waals surface area contributed by atoms with Crippen LogP contribution in [0.2, 0.25) is 0 Å². The standard InChI is InChI=1S/C25H55NP.BrH.ClH.H3N/c1-5-8-11-14-17-20-23-27(26-4,24-21-18-15-12-9-6-2)25-22-19-16-13-10-7-3;;;/h26H,5-25H2,1-4H3;2*1H;1H3/q+1;;;. The molecule has 0 aromatic carbocycles. The van der Waals surface area contributed by atoms with Crippen LogP contribution in [-0.4, -0.2) is 25.5 Å². The molecule has 0 spiro atoms. The molecule has 5 heteroatoms. The van der Waals surface area contributed by atoms with Crippen LogP contribution in [0.3, 0.4) is 0 Å². The van der Waals surface area contributed by atoms with E-state index in [4.69, 9.17) is 0 Å². The molecule has 0 radical (unpaired) electrons. The molecule has 0 aliphatic carbocycles. The van der Waals surface area contributed by atoms with E-state index in [0.717, 1.165) is 0 Å². The number of hydrogen-bond donors (Lipinski definition) is 2. The first-order valence-corrected chi connectivity index (χ1v) is 15.1. The van der Waals surface area contributed by atoms with Crippen LogP contribution in [0, 0.1) is 0 Å². The molecule has 2 nitrogen and oxygen atoms in total. The molecule has 0 aromatic heterocycles. The number of nitrogens with one attached hydrogen (secondary N) is 1. The third-order valence-electron chi connectivity index (χ3n) is 6.29. The van der Waals surface area contributed by atoms with Crippen molar-refractivity contribution >= 4 is 36.8 Å². The van der Waals surface area contributed by atoms with Gasteiger partial charge in [0.05, 0.1) is 25.9 Å². The fourth-order valence-corrected chi connectivity index (χ4v) is 8.08. The molecule has 0 saturated heterocycles. The van der Waals surface area contributed by atoms with E-state index in [1.165, 1.54) is 134 Å². The van der Waals surface area contributed by atoms with Crippen LogP contribution in [0.1, 0.15) is 136 Å². The summed E-state index contributed by atoms with van der Waals surface area (Å²) in [6.07, 6.45) is 30.5. The maximum atomic E-state index is 3.93. The van der Waals surface area contributed by atoms with Crippen molar-refractivity contribution in [3.05, 3.63) is 0 Å². The lowest BCUT2D eigenvalue weighted by Crippen LogP contribution is -2.21. The van der Waals surface area contributed by atoms with Crippen molar-refractivity contribution in [3.63, 3.8) is 0 Å². The molecule has 4 N–H and O–H groups in total. The lowest BCUT2D eigenvalue weighted by Gasteiger charge is -2.27. The Labute approximate surface area is 209 Å². The SMILES string of the molecule is Br.CCCCCCCC[P+](CCCCCCCC)(CCCCCCCC)NC.Cl.N. The van der Waals surface area contributed by atoms with Gasteiger partial charge in [-0.1, -0.05) is 97.8 Å². The van der Waals surface area contributed by atoms with Crippen LogP contribution < -0.4 is 11.2 Å². The lowest BCUT2D eigenvalue weighted by atomic mass is 10.1. The summed E-state index contributed by atoms with van der Waals surface area (Å²) in [6.45, 7) is 6.95. The van der Waals surface area contributed by atoms with E-state index in [1.807, 2.05) is 0 Å². The molecule has 0 aliphatic heterocycles. The third kappa shape index (κ3) is 23.8. The van der Waals surface area contributed by atoms with Gasteiger partial charge in [-0.15, -0.1) is 29.4 Å². The maximum Gasteiger partial charge on any atom is 0.0796 e. The van der Waals surface area contributed by atoms with Gasteiger partial charge in [-0.3, -0.25) is 0 Å². The molecule has 188 valence electrons. The Morgan fingerprint density at radius 3 is 0.933 bits per heavy atom. The summed E-state index contributed by atoms with van der Waals surface area (Å²) in [6, 6.07) is 0. The Kier molecular flexibility index (Phi) is 38.5. The summed E-state index contributed by atoms with van der Waals surface area (Å²) in [4.78, 5) is 0. The molecule has 30 heavy (non-hydrogen) atoms. The molecule has 0 saturated carbocycles. The Bertz CT molecular complexity index is 256. The van der Waals surface area contributed by atoms with Crippen molar-refractivity contribution in [2.75, 3.05) is 25.5 Å². The second-order valence-electron chi connectivity index (χ2n) is 8.84. The first-order chi connectivity index (χ1) is 13.2. The van der Waals surface area contributed by atoms with E-state index < -0.39 is 7.41 Å². The van der Waals surface area contributed by atoms with E-state index in [9.17, 15) is 0 Å². The molecule has 0 rings (SSSR count). The van der Waals surface area contributed by atoms with Crippen LogP contribution in [-0.2, 0) is 0 Å².